The van der Waals surface area contributed by atoms with E-state index in [1.165, 1.54) is 0 Å². The van der Waals surface area contributed by atoms with Crippen LogP contribution in [-0.4, -0.2) is 19.5 Å². The molecule has 0 aliphatic rings. The molecular formula is C19H15ClN4. The Hall–Kier alpha value is -2.85. The van der Waals surface area contributed by atoms with Gasteiger partial charge in [0, 0.05) is 16.1 Å². The van der Waals surface area contributed by atoms with Gasteiger partial charge in [0.1, 0.15) is 6.33 Å². The van der Waals surface area contributed by atoms with Crippen molar-refractivity contribution in [2.45, 2.75) is 6.92 Å². The van der Waals surface area contributed by atoms with Gasteiger partial charge in [-0.15, -0.1) is 0 Å². The number of benzene rings is 2. The number of H-pyrrole nitrogens is 1. The average molecular weight is 335 g/mol. The van der Waals surface area contributed by atoms with Crippen LogP contribution in [0.1, 0.15) is 5.69 Å². The fourth-order valence-corrected chi connectivity index (χ4v) is 3.03. The summed E-state index contributed by atoms with van der Waals surface area (Å²) in [6.07, 6.45) is 3.58. The molecule has 4 aromatic rings. The molecule has 2 aromatic heterocycles. The van der Waals surface area contributed by atoms with Crippen LogP contribution in [0.2, 0.25) is 5.02 Å². The molecule has 0 aliphatic carbocycles. The van der Waals surface area contributed by atoms with Crippen molar-refractivity contribution >= 4 is 11.6 Å². The first kappa shape index (κ1) is 14.7. The van der Waals surface area contributed by atoms with Crippen molar-refractivity contribution in [2.75, 3.05) is 0 Å². The second kappa shape index (κ2) is 5.98. The lowest BCUT2D eigenvalue weighted by Gasteiger charge is -2.06. The van der Waals surface area contributed by atoms with Gasteiger partial charge in [0.05, 0.1) is 23.3 Å². The van der Waals surface area contributed by atoms with Gasteiger partial charge in [-0.1, -0.05) is 60.1 Å². The van der Waals surface area contributed by atoms with Crippen LogP contribution in [0.15, 0.2) is 67.1 Å². The number of halogens is 1. The Bertz CT molecular complexity index is 986. The first-order valence-electron chi connectivity index (χ1n) is 7.63. The SMILES string of the molecule is Cc1ncn(-c2ncc(-c3ccccc3Cl)[nH]2)c1-c1ccccc1. The monoisotopic (exact) mass is 334 g/mol. The molecule has 2 heterocycles. The Kier molecular flexibility index (Phi) is 3.67. The van der Waals surface area contributed by atoms with E-state index >= 15 is 0 Å². The second-order valence-corrected chi connectivity index (χ2v) is 5.92. The Morgan fingerprint density at radius 3 is 2.50 bits per heavy atom. The lowest BCUT2D eigenvalue weighted by Crippen LogP contribution is -1.98. The van der Waals surface area contributed by atoms with Gasteiger partial charge < -0.3 is 4.98 Å². The summed E-state index contributed by atoms with van der Waals surface area (Å²) in [6.45, 7) is 2.00. The summed E-state index contributed by atoms with van der Waals surface area (Å²) >= 11 is 6.28. The zero-order chi connectivity index (χ0) is 16.5. The van der Waals surface area contributed by atoms with E-state index < -0.39 is 0 Å². The van der Waals surface area contributed by atoms with Gasteiger partial charge in [-0.2, -0.15) is 0 Å². The van der Waals surface area contributed by atoms with Crippen molar-refractivity contribution in [2.24, 2.45) is 0 Å². The third kappa shape index (κ3) is 2.51. The van der Waals surface area contributed by atoms with E-state index in [1.54, 1.807) is 12.5 Å². The summed E-state index contributed by atoms with van der Waals surface area (Å²) in [5.41, 5.74) is 4.88. The highest BCUT2D eigenvalue weighted by Gasteiger charge is 2.14. The third-order valence-electron chi connectivity index (χ3n) is 3.95. The number of aromatic nitrogens is 4. The van der Waals surface area contributed by atoms with Crippen molar-refractivity contribution in [3.8, 4) is 28.5 Å². The Balaban J connectivity index is 1.81. The lowest BCUT2D eigenvalue weighted by atomic mass is 10.1. The molecule has 0 spiro atoms. The molecule has 0 amide bonds. The second-order valence-electron chi connectivity index (χ2n) is 5.51. The number of hydrogen-bond acceptors (Lipinski definition) is 2. The first-order chi connectivity index (χ1) is 11.7. The molecule has 0 atom stereocenters. The van der Waals surface area contributed by atoms with Gasteiger partial charge >= 0.3 is 0 Å². The zero-order valence-corrected chi connectivity index (χ0v) is 13.8. The molecule has 0 fully saturated rings. The zero-order valence-electron chi connectivity index (χ0n) is 13.1. The molecule has 1 N–H and O–H groups in total. The number of rotatable bonds is 3. The van der Waals surface area contributed by atoms with E-state index in [1.807, 2.05) is 54.0 Å². The molecule has 0 aliphatic heterocycles. The lowest BCUT2D eigenvalue weighted by molar-refractivity contribution is 0.967. The summed E-state index contributed by atoms with van der Waals surface area (Å²) < 4.78 is 1.96. The minimum atomic E-state index is 0.692. The standard InChI is InChI=1S/C19H15ClN4/c1-13-18(14-7-3-2-4-8-14)24(12-22-13)19-21-11-17(23-19)15-9-5-6-10-16(15)20/h2-12H,1H3,(H,21,23). The quantitative estimate of drug-likeness (QED) is 0.579. The van der Waals surface area contributed by atoms with Crippen LogP contribution < -0.4 is 0 Å². The van der Waals surface area contributed by atoms with Crippen LogP contribution in [0, 0.1) is 6.92 Å². The van der Waals surface area contributed by atoms with Gasteiger partial charge in [-0.3, -0.25) is 4.57 Å². The average Bonchev–Trinajstić information content (AvgIpc) is 3.23. The Morgan fingerprint density at radius 1 is 0.958 bits per heavy atom. The molecule has 0 radical (unpaired) electrons. The molecule has 0 unspecified atom stereocenters. The predicted octanol–water partition coefficient (Wildman–Crippen LogP) is 4.89. The van der Waals surface area contributed by atoms with Crippen LogP contribution in [0.25, 0.3) is 28.5 Å². The molecule has 0 bridgehead atoms. The highest BCUT2D eigenvalue weighted by Crippen LogP contribution is 2.29. The maximum absolute atomic E-state index is 6.28. The fourth-order valence-electron chi connectivity index (χ4n) is 2.79. The molecule has 4 rings (SSSR count). The fraction of sp³-hybridized carbons (Fsp3) is 0.0526. The van der Waals surface area contributed by atoms with Gasteiger partial charge in [-0.05, 0) is 13.0 Å². The van der Waals surface area contributed by atoms with Crippen molar-refractivity contribution in [1.82, 2.24) is 19.5 Å². The van der Waals surface area contributed by atoms with E-state index in [9.17, 15) is 0 Å². The number of hydrogen-bond donors (Lipinski definition) is 1. The first-order valence-corrected chi connectivity index (χ1v) is 8.01. The van der Waals surface area contributed by atoms with E-state index in [4.69, 9.17) is 11.6 Å². The van der Waals surface area contributed by atoms with Gasteiger partial charge in [-0.25, -0.2) is 9.97 Å². The van der Waals surface area contributed by atoms with Gasteiger partial charge in [0.25, 0.3) is 0 Å². The number of aromatic amines is 1. The van der Waals surface area contributed by atoms with Crippen molar-refractivity contribution < 1.29 is 0 Å². The van der Waals surface area contributed by atoms with E-state index in [-0.39, 0.29) is 0 Å². The molecule has 118 valence electrons. The smallest absolute Gasteiger partial charge is 0.213 e. The largest absolute Gasteiger partial charge is 0.323 e. The molecule has 0 saturated heterocycles. The molecule has 4 nitrogen and oxygen atoms in total. The number of nitrogens with zero attached hydrogens (tertiary/aromatic N) is 3. The summed E-state index contributed by atoms with van der Waals surface area (Å²) in [4.78, 5) is 12.3. The topological polar surface area (TPSA) is 46.5 Å². The normalized spacial score (nSPS) is 10.9. The molecule has 24 heavy (non-hydrogen) atoms. The van der Waals surface area contributed by atoms with Crippen LogP contribution in [0.5, 0.6) is 0 Å². The van der Waals surface area contributed by atoms with E-state index in [0.717, 1.165) is 28.2 Å². The van der Waals surface area contributed by atoms with Crippen LogP contribution >= 0.6 is 11.6 Å². The van der Waals surface area contributed by atoms with Gasteiger partial charge in [0.15, 0.2) is 0 Å². The third-order valence-corrected chi connectivity index (χ3v) is 4.28. The Morgan fingerprint density at radius 2 is 1.71 bits per heavy atom. The maximum atomic E-state index is 6.28. The maximum Gasteiger partial charge on any atom is 0.213 e. The number of imidazole rings is 2. The van der Waals surface area contributed by atoms with Crippen LogP contribution in [-0.2, 0) is 0 Å². The van der Waals surface area contributed by atoms with Crippen LogP contribution in [0.4, 0.5) is 0 Å². The van der Waals surface area contributed by atoms with Crippen molar-refractivity contribution in [3.05, 3.63) is 77.8 Å². The summed E-state index contributed by atoms with van der Waals surface area (Å²) in [5, 5.41) is 0.692. The van der Waals surface area contributed by atoms with Crippen molar-refractivity contribution in [3.63, 3.8) is 0 Å². The summed E-state index contributed by atoms with van der Waals surface area (Å²) in [6, 6.07) is 17.9. The van der Waals surface area contributed by atoms with E-state index in [0.29, 0.717) is 11.0 Å². The summed E-state index contributed by atoms with van der Waals surface area (Å²) in [7, 11) is 0. The number of nitrogens with one attached hydrogen (secondary N) is 1. The molecule has 5 heteroatoms. The minimum Gasteiger partial charge on any atom is -0.323 e. The predicted molar refractivity (Wildman–Crippen MR) is 96.3 cm³/mol. The highest BCUT2D eigenvalue weighted by atomic mass is 35.5. The molecule has 0 saturated carbocycles. The van der Waals surface area contributed by atoms with Crippen molar-refractivity contribution in [1.29, 1.82) is 0 Å². The molecular weight excluding hydrogens is 320 g/mol. The van der Waals surface area contributed by atoms with E-state index in [2.05, 4.69) is 27.1 Å². The highest BCUT2D eigenvalue weighted by molar-refractivity contribution is 6.33. The van der Waals surface area contributed by atoms with Crippen LogP contribution in [0.3, 0.4) is 0 Å². The van der Waals surface area contributed by atoms with Gasteiger partial charge in [0.2, 0.25) is 5.95 Å². The molecule has 2 aromatic carbocycles. The number of aryl methyl sites for hydroxylation is 1. The summed E-state index contributed by atoms with van der Waals surface area (Å²) in [5.74, 6) is 0.712. The Labute approximate surface area is 144 Å². The minimum absolute atomic E-state index is 0.692.